The Kier molecular flexibility index (Phi) is 6.02. The Labute approximate surface area is 116 Å². The van der Waals surface area contributed by atoms with Gasteiger partial charge in [-0.3, -0.25) is 10.1 Å². The Hall–Kier alpha value is -1.55. The Morgan fingerprint density at radius 2 is 2.20 bits per heavy atom. The molecule has 2 N–H and O–H groups in total. The molecule has 1 aromatic carbocycles. The predicted molar refractivity (Wildman–Crippen MR) is 70.8 cm³/mol. The zero-order valence-corrected chi connectivity index (χ0v) is 11.7. The van der Waals surface area contributed by atoms with Crippen LogP contribution in [-0.2, 0) is 14.8 Å². The second-order valence-electron chi connectivity index (χ2n) is 4.05. The molecule has 112 valence electrons. The van der Waals surface area contributed by atoms with Gasteiger partial charge in [0.05, 0.1) is 22.5 Å². The van der Waals surface area contributed by atoms with E-state index < -0.39 is 21.1 Å². The van der Waals surface area contributed by atoms with E-state index in [4.69, 9.17) is 4.74 Å². The summed E-state index contributed by atoms with van der Waals surface area (Å²) in [5, 5.41) is 20.0. The highest BCUT2D eigenvalue weighted by atomic mass is 32.2. The third-order valence-corrected chi connectivity index (χ3v) is 3.93. The van der Waals surface area contributed by atoms with Gasteiger partial charge in [-0.25, -0.2) is 13.1 Å². The monoisotopic (exact) mass is 304 g/mol. The first-order valence-electron chi connectivity index (χ1n) is 5.78. The molecule has 0 saturated carbocycles. The van der Waals surface area contributed by atoms with Crippen molar-refractivity contribution < 1.29 is 23.2 Å². The number of nitro benzene ring substituents is 1. The van der Waals surface area contributed by atoms with Crippen molar-refractivity contribution in [3.63, 3.8) is 0 Å². The van der Waals surface area contributed by atoms with Crippen LogP contribution < -0.4 is 4.72 Å². The molecule has 0 aliphatic carbocycles. The van der Waals surface area contributed by atoms with Gasteiger partial charge < -0.3 is 9.84 Å². The lowest BCUT2D eigenvalue weighted by atomic mass is 10.3. The molecule has 0 aromatic heterocycles. The van der Waals surface area contributed by atoms with Crippen LogP contribution in [0.15, 0.2) is 29.2 Å². The third-order valence-electron chi connectivity index (χ3n) is 2.47. The number of rotatable bonds is 8. The number of non-ortho nitro benzene ring substituents is 1. The Balaban J connectivity index is 2.69. The molecule has 1 unspecified atom stereocenters. The summed E-state index contributed by atoms with van der Waals surface area (Å²) in [6.07, 6.45) is -0.588. The van der Waals surface area contributed by atoms with Crippen LogP contribution in [0.4, 0.5) is 5.69 Å². The average Bonchev–Trinajstić information content (AvgIpc) is 2.39. The zero-order chi connectivity index (χ0) is 15.2. The summed E-state index contributed by atoms with van der Waals surface area (Å²) in [6, 6.07) is 4.75. The maximum absolute atomic E-state index is 11.9. The summed E-state index contributed by atoms with van der Waals surface area (Å²) < 4.78 is 30.8. The lowest BCUT2D eigenvalue weighted by Gasteiger charge is -2.10. The van der Waals surface area contributed by atoms with Gasteiger partial charge in [-0.2, -0.15) is 0 Å². The molecular formula is C11H16N2O6S. The minimum atomic E-state index is -3.83. The van der Waals surface area contributed by atoms with Gasteiger partial charge >= 0.3 is 0 Å². The summed E-state index contributed by atoms with van der Waals surface area (Å²) in [4.78, 5) is 9.75. The van der Waals surface area contributed by atoms with Crippen LogP contribution in [0.1, 0.15) is 6.42 Å². The molecule has 0 radical (unpaired) electrons. The van der Waals surface area contributed by atoms with E-state index in [0.29, 0.717) is 0 Å². The molecule has 20 heavy (non-hydrogen) atoms. The van der Waals surface area contributed by atoms with Crippen molar-refractivity contribution in [2.45, 2.75) is 17.4 Å². The van der Waals surface area contributed by atoms with E-state index in [1.165, 1.54) is 25.3 Å². The molecule has 9 heteroatoms. The Morgan fingerprint density at radius 1 is 1.50 bits per heavy atom. The topological polar surface area (TPSA) is 119 Å². The second-order valence-corrected chi connectivity index (χ2v) is 5.82. The number of nitrogens with zero attached hydrogens (tertiary/aromatic N) is 1. The standard InChI is InChI=1S/C11H16N2O6S/c1-19-8-10(14)5-6-12-20(17,18)11-4-2-3-9(7-11)13(15)16/h2-4,7,10,12,14H,5-6,8H2,1H3. The number of benzene rings is 1. The van der Waals surface area contributed by atoms with Gasteiger partial charge in [-0.1, -0.05) is 6.07 Å². The molecule has 0 bridgehead atoms. The smallest absolute Gasteiger partial charge is 0.270 e. The van der Waals surface area contributed by atoms with E-state index in [1.807, 2.05) is 0 Å². The van der Waals surface area contributed by atoms with Gasteiger partial charge in [-0.15, -0.1) is 0 Å². The largest absolute Gasteiger partial charge is 0.391 e. The molecule has 1 aromatic rings. The first kappa shape index (κ1) is 16.5. The molecule has 1 atom stereocenters. The molecular weight excluding hydrogens is 288 g/mol. The quantitative estimate of drug-likeness (QED) is 0.525. The van der Waals surface area contributed by atoms with E-state index in [1.54, 1.807) is 0 Å². The molecule has 0 heterocycles. The molecule has 0 amide bonds. The second kappa shape index (κ2) is 7.29. The molecule has 0 aliphatic rings. The summed E-state index contributed by atoms with van der Waals surface area (Å²) in [6.45, 7) is 0.119. The van der Waals surface area contributed by atoms with Crippen molar-refractivity contribution in [1.82, 2.24) is 4.72 Å². The van der Waals surface area contributed by atoms with Crippen LogP contribution in [0.3, 0.4) is 0 Å². The summed E-state index contributed by atoms with van der Waals surface area (Å²) >= 11 is 0. The summed E-state index contributed by atoms with van der Waals surface area (Å²) in [7, 11) is -2.41. The van der Waals surface area contributed by atoms with Crippen molar-refractivity contribution >= 4 is 15.7 Å². The fourth-order valence-corrected chi connectivity index (χ4v) is 2.57. The van der Waals surface area contributed by atoms with Crippen LogP contribution in [0.2, 0.25) is 0 Å². The number of nitrogens with one attached hydrogen (secondary N) is 1. The van der Waals surface area contributed by atoms with E-state index in [0.717, 1.165) is 6.07 Å². The van der Waals surface area contributed by atoms with Crippen LogP contribution in [0.25, 0.3) is 0 Å². The van der Waals surface area contributed by atoms with Crippen molar-refractivity contribution in [2.24, 2.45) is 0 Å². The van der Waals surface area contributed by atoms with E-state index >= 15 is 0 Å². The molecule has 1 rings (SSSR count). The highest BCUT2D eigenvalue weighted by Crippen LogP contribution is 2.17. The van der Waals surface area contributed by atoms with Crippen LogP contribution in [0.5, 0.6) is 0 Å². The first-order valence-corrected chi connectivity index (χ1v) is 7.26. The average molecular weight is 304 g/mol. The number of hydrogen-bond acceptors (Lipinski definition) is 6. The van der Waals surface area contributed by atoms with Crippen LogP contribution in [0, 0.1) is 10.1 Å². The van der Waals surface area contributed by atoms with Gasteiger partial charge in [0.1, 0.15) is 0 Å². The Morgan fingerprint density at radius 3 is 2.80 bits per heavy atom. The number of sulfonamides is 1. The molecule has 8 nitrogen and oxygen atoms in total. The zero-order valence-electron chi connectivity index (χ0n) is 10.9. The number of ether oxygens (including phenoxy) is 1. The van der Waals surface area contributed by atoms with E-state index in [9.17, 15) is 23.6 Å². The van der Waals surface area contributed by atoms with Gasteiger partial charge in [0.25, 0.3) is 5.69 Å². The number of nitro groups is 1. The van der Waals surface area contributed by atoms with Gasteiger partial charge in [0.2, 0.25) is 10.0 Å². The van der Waals surface area contributed by atoms with Gasteiger partial charge in [0, 0.05) is 25.8 Å². The normalized spacial score (nSPS) is 13.1. The van der Waals surface area contributed by atoms with Gasteiger partial charge in [-0.05, 0) is 12.5 Å². The fraction of sp³-hybridized carbons (Fsp3) is 0.455. The number of hydrogen-bond donors (Lipinski definition) is 2. The van der Waals surface area contributed by atoms with Crippen LogP contribution >= 0.6 is 0 Å². The van der Waals surface area contributed by atoms with E-state index in [2.05, 4.69) is 4.72 Å². The molecule has 0 spiro atoms. The van der Waals surface area contributed by atoms with Crippen molar-refractivity contribution in [3.05, 3.63) is 34.4 Å². The highest BCUT2D eigenvalue weighted by molar-refractivity contribution is 7.89. The third kappa shape index (κ3) is 4.85. The van der Waals surface area contributed by atoms with Gasteiger partial charge in [0.15, 0.2) is 0 Å². The van der Waals surface area contributed by atoms with Crippen molar-refractivity contribution in [3.8, 4) is 0 Å². The molecule has 0 fully saturated rings. The molecule has 0 aliphatic heterocycles. The maximum Gasteiger partial charge on any atom is 0.270 e. The Bertz CT molecular complexity index is 560. The SMILES string of the molecule is COCC(O)CCNS(=O)(=O)c1cccc([N+](=O)[O-])c1. The number of methoxy groups -OCH3 is 1. The number of aliphatic hydroxyl groups is 1. The maximum atomic E-state index is 11.9. The number of aliphatic hydroxyl groups excluding tert-OH is 1. The summed E-state index contributed by atoms with van der Waals surface area (Å²) in [5.41, 5.74) is -0.299. The minimum Gasteiger partial charge on any atom is -0.391 e. The lowest BCUT2D eigenvalue weighted by Crippen LogP contribution is -2.28. The minimum absolute atomic E-state index is 0.00948. The first-order chi connectivity index (χ1) is 9.36. The fourth-order valence-electron chi connectivity index (χ4n) is 1.48. The van der Waals surface area contributed by atoms with E-state index in [-0.39, 0.29) is 30.2 Å². The summed E-state index contributed by atoms with van der Waals surface area (Å²) in [5.74, 6) is 0. The highest BCUT2D eigenvalue weighted by Gasteiger charge is 2.17. The van der Waals surface area contributed by atoms with Crippen LogP contribution in [-0.4, -0.2) is 44.8 Å². The lowest BCUT2D eigenvalue weighted by molar-refractivity contribution is -0.385. The molecule has 0 saturated heterocycles. The predicted octanol–water partition coefficient (Wildman–Crippen LogP) is 0.271. The van der Waals surface area contributed by atoms with Crippen molar-refractivity contribution in [2.75, 3.05) is 20.3 Å². The van der Waals surface area contributed by atoms with Crippen molar-refractivity contribution in [1.29, 1.82) is 0 Å².